The predicted octanol–water partition coefficient (Wildman–Crippen LogP) is 5.32. The first-order valence-corrected chi connectivity index (χ1v) is 10.9. The zero-order chi connectivity index (χ0) is 21.6. The van der Waals surface area contributed by atoms with E-state index in [1.165, 1.54) is 6.42 Å². The molecule has 1 aliphatic rings. The largest absolute Gasteiger partial charge is 0.483 e. The second kappa shape index (κ2) is 9.79. The lowest BCUT2D eigenvalue weighted by molar-refractivity contribution is -0.123. The molecule has 4 rings (SSSR count). The van der Waals surface area contributed by atoms with Crippen LogP contribution in [0, 0.1) is 6.92 Å². The van der Waals surface area contributed by atoms with E-state index in [0.717, 1.165) is 53.9 Å². The lowest BCUT2D eigenvalue weighted by Crippen LogP contribution is -2.26. The van der Waals surface area contributed by atoms with Gasteiger partial charge in [0.05, 0.1) is 17.6 Å². The Balaban J connectivity index is 1.55. The van der Waals surface area contributed by atoms with Gasteiger partial charge in [-0.25, -0.2) is 10.1 Å². The number of rotatable bonds is 6. The van der Waals surface area contributed by atoms with Gasteiger partial charge in [0.25, 0.3) is 5.91 Å². The molecular weight excluding hydrogens is 412 g/mol. The summed E-state index contributed by atoms with van der Waals surface area (Å²) in [4.78, 5) is 12.3. The van der Waals surface area contributed by atoms with E-state index in [2.05, 4.69) is 15.6 Å². The van der Waals surface area contributed by atoms with Crippen LogP contribution in [0.4, 0.5) is 0 Å². The van der Waals surface area contributed by atoms with Gasteiger partial charge >= 0.3 is 0 Å². The Morgan fingerprint density at radius 1 is 1.16 bits per heavy atom. The van der Waals surface area contributed by atoms with Gasteiger partial charge in [-0.15, -0.1) is 0 Å². The van der Waals surface area contributed by atoms with Crippen LogP contribution in [0.5, 0.6) is 5.75 Å². The molecule has 7 heteroatoms. The molecule has 1 aliphatic carbocycles. The Bertz CT molecular complexity index is 1080. The van der Waals surface area contributed by atoms with Gasteiger partial charge in [0, 0.05) is 16.3 Å². The highest BCUT2D eigenvalue weighted by Gasteiger charge is 2.16. The number of hydrogen-bond acceptors (Lipinski definition) is 4. The molecular formula is C24H25ClN4O2. The van der Waals surface area contributed by atoms with Crippen molar-refractivity contribution in [3.05, 3.63) is 65.3 Å². The van der Waals surface area contributed by atoms with E-state index in [9.17, 15) is 4.79 Å². The van der Waals surface area contributed by atoms with Crippen LogP contribution in [0.15, 0.2) is 59.8 Å². The first-order valence-electron chi connectivity index (χ1n) is 10.5. The lowest BCUT2D eigenvalue weighted by Gasteiger charge is -2.15. The Morgan fingerprint density at radius 2 is 1.94 bits per heavy atom. The number of aryl methyl sites for hydroxylation is 1. The van der Waals surface area contributed by atoms with Gasteiger partial charge in [-0.1, -0.05) is 36.2 Å². The highest BCUT2D eigenvalue weighted by atomic mass is 35.5. The molecule has 3 aromatic rings. The summed E-state index contributed by atoms with van der Waals surface area (Å²) >= 11 is 6.42. The molecule has 1 heterocycles. The highest BCUT2D eigenvalue weighted by Crippen LogP contribution is 2.35. The molecule has 0 atom stereocenters. The molecule has 0 unspecified atom stereocenters. The van der Waals surface area contributed by atoms with E-state index < -0.39 is 0 Å². The zero-order valence-corrected chi connectivity index (χ0v) is 18.2. The van der Waals surface area contributed by atoms with Gasteiger partial charge in [0.1, 0.15) is 5.75 Å². The molecule has 31 heavy (non-hydrogen) atoms. The lowest BCUT2D eigenvalue weighted by atomic mass is 9.99. The molecule has 1 fully saturated rings. The standard InChI is InChI=1S/C24H25ClN4O2/c1-17-14-23(31-16-24(30)28-27-18-8-4-2-5-9-18)20(15-21(17)25)22-12-13-26-29(22)19-10-6-3-7-11-19/h3,6-7,10-15H,2,4-5,8-9,16H2,1H3,(H,28,30). The van der Waals surface area contributed by atoms with Gasteiger partial charge in [-0.2, -0.15) is 10.2 Å². The maximum absolute atomic E-state index is 12.3. The van der Waals surface area contributed by atoms with E-state index in [1.54, 1.807) is 6.20 Å². The number of hydrogen-bond donors (Lipinski definition) is 1. The quantitative estimate of drug-likeness (QED) is 0.532. The van der Waals surface area contributed by atoms with Crippen molar-refractivity contribution in [3.63, 3.8) is 0 Å². The Labute approximate surface area is 186 Å². The van der Waals surface area contributed by atoms with Crippen LogP contribution in [0.3, 0.4) is 0 Å². The molecule has 0 bridgehead atoms. The van der Waals surface area contributed by atoms with Crippen molar-refractivity contribution < 1.29 is 9.53 Å². The van der Waals surface area contributed by atoms with Crippen molar-refractivity contribution in [2.45, 2.75) is 39.0 Å². The number of carbonyl (C=O) groups is 1. The maximum Gasteiger partial charge on any atom is 0.277 e. The number of benzene rings is 2. The maximum atomic E-state index is 12.3. The van der Waals surface area contributed by atoms with Crippen molar-refractivity contribution in [2.75, 3.05) is 6.61 Å². The average Bonchev–Trinajstić information content (AvgIpc) is 3.29. The highest BCUT2D eigenvalue weighted by molar-refractivity contribution is 6.31. The molecule has 160 valence electrons. The minimum Gasteiger partial charge on any atom is -0.483 e. The molecule has 1 amide bonds. The summed E-state index contributed by atoms with van der Waals surface area (Å²) in [5, 5.41) is 9.33. The third-order valence-corrected chi connectivity index (χ3v) is 5.72. The van der Waals surface area contributed by atoms with Crippen LogP contribution in [0.1, 0.15) is 37.7 Å². The summed E-state index contributed by atoms with van der Waals surface area (Å²) in [6, 6.07) is 15.4. The summed E-state index contributed by atoms with van der Waals surface area (Å²) in [5.74, 6) is 0.285. The molecule has 0 aliphatic heterocycles. The number of aromatic nitrogens is 2. The summed E-state index contributed by atoms with van der Waals surface area (Å²) in [6.07, 6.45) is 7.12. The van der Waals surface area contributed by atoms with E-state index in [4.69, 9.17) is 16.3 Å². The van der Waals surface area contributed by atoms with Gasteiger partial charge in [-0.05, 0) is 68.5 Å². The number of ether oxygens (including phenoxy) is 1. The number of amides is 1. The molecule has 1 aromatic heterocycles. The number of hydrazone groups is 1. The van der Waals surface area contributed by atoms with E-state index in [1.807, 2.05) is 60.1 Å². The van der Waals surface area contributed by atoms with Crippen molar-refractivity contribution >= 4 is 23.2 Å². The van der Waals surface area contributed by atoms with Crippen LogP contribution < -0.4 is 10.2 Å². The number of carbonyl (C=O) groups excluding carboxylic acids is 1. The summed E-state index contributed by atoms with van der Waals surface area (Å²) in [7, 11) is 0. The molecule has 1 N–H and O–H groups in total. The smallest absolute Gasteiger partial charge is 0.277 e. The van der Waals surface area contributed by atoms with Crippen LogP contribution in [0.25, 0.3) is 16.9 Å². The summed E-state index contributed by atoms with van der Waals surface area (Å²) in [5.41, 5.74) is 7.05. The fourth-order valence-electron chi connectivity index (χ4n) is 3.65. The third kappa shape index (κ3) is 5.14. The zero-order valence-electron chi connectivity index (χ0n) is 17.5. The number of nitrogens with zero attached hydrogens (tertiary/aromatic N) is 3. The van der Waals surface area contributed by atoms with Crippen molar-refractivity contribution in [1.29, 1.82) is 0 Å². The number of para-hydroxylation sites is 1. The molecule has 6 nitrogen and oxygen atoms in total. The fourth-order valence-corrected chi connectivity index (χ4v) is 3.81. The second-order valence-electron chi connectivity index (χ2n) is 7.62. The topological polar surface area (TPSA) is 68.5 Å². The van der Waals surface area contributed by atoms with E-state index in [-0.39, 0.29) is 12.5 Å². The van der Waals surface area contributed by atoms with Gasteiger partial charge in [-0.3, -0.25) is 4.79 Å². The minimum absolute atomic E-state index is 0.135. The Kier molecular flexibility index (Phi) is 6.67. The normalized spacial score (nSPS) is 13.7. The Hall–Kier alpha value is -3.12. The summed E-state index contributed by atoms with van der Waals surface area (Å²) in [6.45, 7) is 1.77. The first kappa shape index (κ1) is 21.1. The van der Waals surface area contributed by atoms with Crippen molar-refractivity contribution in [3.8, 4) is 22.7 Å². The third-order valence-electron chi connectivity index (χ3n) is 5.31. The Morgan fingerprint density at radius 3 is 2.71 bits per heavy atom. The van der Waals surface area contributed by atoms with E-state index in [0.29, 0.717) is 10.8 Å². The van der Waals surface area contributed by atoms with Crippen LogP contribution in [-0.4, -0.2) is 28.0 Å². The van der Waals surface area contributed by atoms with Gasteiger partial charge < -0.3 is 4.74 Å². The molecule has 2 aromatic carbocycles. The van der Waals surface area contributed by atoms with Crippen LogP contribution in [0.2, 0.25) is 5.02 Å². The van der Waals surface area contributed by atoms with Crippen LogP contribution >= 0.6 is 11.6 Å². The van der Waals surface area contributed by atoms with E-state index >= 15 is 0 Å². The van der Waals surface area contributed by atoms with Crippen molar-refractivity contribution in [1.82, 2.24) is 15.2 Å². The summed E-state index contributed by atoms with van der Waals surface area (Å²) < 4.78 is 7.73. The SMILES string of the molecule is Cc1cc(OCC(=O)NN=C2CCCCC2)c(-c2ccnn2-c2ccccc2)cc1Cl. The predicted molar refractivity (Wildman–Crippen MR) is 123 cm³/mol. The minimum atomic E-state index is -0.284. The van der Waals surface area contributed by atoms with Gasteiger partial charge in [0.15, 0.2) is 6.61 Å². The molecule has 0 radical (unpaired) electrons. The molecule has 1 saturated carbocycles. The second-order valence-corrected chi connectivity index (χ2v) is 8.03. The fraction of sp³-hybridized carbons (Fsp3) is 0.292. The average molecular weight is 437 g/mol. The molecule has 0 saturated heterocycles. The molecule has 0 spiro atoms. The number of nitrogens with one attached hydrogen (secondary N) is 1. The number of halogens is 1. The van der Waals surface area contributed by atoms with Crippen LogP contribution in [-0.2, 0) is 4.79 Å². The van der Waals surface area contributed by atoms with Crippen molar-refractivity contribution in [2.24, 2.45) is 5.10 Å². The monoisotopic (exact) mass is 436 g/mol. The first-order chi connectivity index (χ1) is 15.1. The van der Waals surface area contributed by atoms with Gasteiger partial charge in [0.2, 0.25) is 0 Å².